The lowest BCUT2D eigenvalue weighted by molar-refractivity contribution is 0.466. The minimum atomic E-state index is -3.34. The molecule has 1 aliphatic heterocycles. The number of benzene rings is 1. The van der Waals surface area contributed by atoms with Crippen LogP contribution in [0.2, 0.25) is 0 Å². The standard InChI is InChI=1S/C16H19NO2S2/c1-12-10-17(11-15(12)14-6-4-3-5-7-14)21(18,19)16-9-8-13(2)20-16/h3-9,12,15H,10-11H2,1-2H3. The van der Waals surface area contributed by atoms with E-state index in [1.807, 2.05) is 31.2 Å². The average Bonchev–Trinajstić information content (AvgIpc) is 3.07. The molecule has 2 unspecified atom stereocenters. The third-order valence-corrected chi connectivity index (χ3v) is 7.42. The molecule has 21 heavy (non-hydrogen) atoms. The van der Waals surface area contributed by atoms with Crippen molar-refractivity contribution in [2.45, 2.75) is 24.0 Å². The summed E-state index contributed by atoms with van der Waals surface area (Å²) >= 11 is 1.35. The van der Waals surface area contributed by atoms with E-state index in [1.54, 1.807) is 10.4 Å². The quantitative estimate of drug-likeness (QED) is 0.868. The van der Waals surface area contributed by atoms with Gasteiger partial charge >= 0.3 is 0 Å². The van der Waals surface area contributed by atoms with E-state index in [0.29, 0.717) is 23.2 Å². The molecule has 1 saturated heterocycles. The van der Waals surface area contributed by atoms with Gasteiger partial charge in [0.15, 0.2) is 0 Å². The lowest BCUT2D eigenvalue weighted by Crippen LogP contribution is -2.28. The summed E-state index contributed by atoms with van der Waals surface area (Å²) in [5.41, 5.74) is 1.23. The van der Waals surface area contributed by atoms with E-state index >= 15 is 0 Å². The Hall–Kier alpha value is -1.17. The van der Waals surface area contributed by atoms with Gasteiger partial charge < -0.3 is 0 Å². The highest BCUT2D eigenvalue weighted by atomic mass is 32.2. The number of nitrogens with zero attached hydrogens (tertiary/aromatic N) is 1. The van der Waals surface area contributed by atoms with Crippen molar-refractivity contribution in [1.82, 2.24) is 4.31 Å². The summed E-state index contributed by atoms with van der Waals surface area (Å²) < 4.78 is 27.5. The Balaban J connectivity index is 1.86. The highest BCUT2D eigenvalue weighted by Crippen LogP contribution is 2.36. The van der Waals surface area contributed by atoms with E-state index in [-0.39, 0.29) is 5.92 Å². The predicted octanol–water partition coefficient (Wildman–Crippen LogP) is 3.48. The lowest BCUT2D eigenvalue weighted by Gasteiger charge is -2.15. The summed E-state index contributed by atoms with van der Waals surface area (Å²) in [7, 11) is -3.34. The van der Waals surface area contributed by atoms with Crippen LogP contribution in [0.4, 0.5) is 0 Å². The molecule has 0 bridgehead atoms. The van der Waals surface area contributed by atoms with E-state index in [0.717, 1.165) is 4.88 Å². The number of hydrogen-bond donors (Lipinski definition) is 0. The van der Waals surface area contributed by atoms with Gasteiger partial charge in [0.05, 0.1) is 0 Å². The molecule has 1 aliphatic rings. The monoisotopic (exact) mass is 321 g/mol. The van der Waals surface area contributed by atoms with Crippen molar-refractivity contribution in [2.75, 3.05) is 13.1 Å². The number of sulfonamides is 1. The van der Waals surface area contributed by atoms with Gasteiger partial charge in [-0.1, -0.05) is 37.3 Å². The first-order valence-corrected chi connectivity index (χ1v) is 9.35. The van der Waals surface area contributed by atoms with E-state index in [9.17, 15) is 8.42 Å². The Labute approximate surface area is 130 Å². The van der Waals surface area contributed by atoms with Gasteiger partial charge in [-0.05, 0) is 30.5 Å². The summed E-state index contributed by atoms with van der Waals surface area (Å²) in [6.07, 6.45) is 0. The molecule has 1 fully saturated rings. The molecule has 0 aliphatic carbocycles. The molecular formula is C16H19NO2S2. The molecule has 0 amide bonds. The van der Waals surface area contributed by atoms with Crippen LogP contribution >= 0.6 is 11.3 Å². The number of thiophene rings is 1. The maximum Gasteiger partial charge on any atom is 0.252 e. The molecule has 0 radical (unpaired) electrons. The Morgan fingerprint density at radius 3 is 2.43 bits per heavy atom. The SMILES string of the molecule is Cc1ccc(S(=O)(=O)N2CC(C)C(c3ccccc3)C2)s1. The molecule has 112 valence electrons. The second-order valence-electron chi connectivity index (χ2n) is 5.68. The molecule has 2 aromatic rings. The van der Waals surface area contributed by atoms with Crippen molar-refractivity contribution in [2.24, 2.45) is 5.92 Å². The maximum atomic E-state index is 12.7. The van der Waals surface area contributed by atoms with E-state index < -0.39 is 10.0 Å². The average molecular weight is 321 g/mol. The zero-order valence-corrected chi connectivity index (χ0v) is 13.8. The summed E-state index contributed by atoms with van der Waals surface area (Å²) in [5, 5.41) is 0. The van der Waals surface area contributed by atoms with Crippen LogP contribution in [0.3, 0.4) is 0 Å². The van der Waals surface area contributed by atoms with Crippen LogP contribution in [0, 0.1) is 12.8 Å². The number of rotatable bonds is 3. The molecule has 2 atom stereocenters. The highest BCUT2D eigenvalue weighted by molar-refractivity contribution is 7.91. The lowest BCUT2D eigenvalue weighted by atomic mass is 9.90. The zero-order valence-electron chi connectivity index (χ0n) is 12.2. The van der Waals surface area contributed by atoms with Crippen molar-refractivity contribution in [3.63, 3.8) is 0 Å². The van der Waals surface area contributed by atoms with Gasteiger partial charge in [-0.2, -0.15) is 4.31 Å². The predicted molar refractivity (Wildman–Crippen MR) is 86.2 cm³/mol. The summed E-state index contributed by atoms with van der Waals surface area (Å²) in [6, 6.07) is 13.8. The molecule has 0 N–H and O–H groups in total. The fourth-order valence-electron chi connectivity index (χ4n) is 2.93. The van der Waals surface area contributed by atoms with Gasteiger partial charge in [-0.3, -0.25) is 0 Å². The fraction of sp³-hybridized carbons (Fsp3) is 0.375. The smallest absolute Gasteiger partial charge is 0.206 e. The molecular weight excluding hydrogens is 302 g/mol. The van der Waals surface area contributed by atoms with E-state index in [2.05, 4.69) is 19.1 Å². The van der Waals surface area contributed by atoms with Gasteiger partial charge in [-0.25, -0.2) is 8.42 Å². The van der Waals surface area contributed by atoms with Crippen molar-refractivity contribution in [3.05, 3.63) is 52.9 Å². The minimum absolute atomic E-state index is 0.280. The largest absolute Gasteiger partial charge is 0.252 e. The normalized spacial score (nSPS) is 23.5. The van der Waals surface area contributed by atoms with Crippen molar-refractivity contribution < 1.29 is 8.42 Å². The topological polar surface area (TPSA) is 37.4 Å². The van der Waals surface area contributed by atoms with Gasteiger partial charge in [0.25, 0.3) is 10.0 Å². The Morgan fingerprint density at radius 1 is 1.10 bits per heavy atom. The van der Waals surface area contributed by atoms with Gasteiger partial charge in [0, 0.05) is 23.9 Å². The number of hydrogen-bond acceptors (Lipinski definition) is 3. The van der Waals surface area contributed by atoms with Gasteiger partial charge in [-0.15, -0.1) is 11.3 Å². The first kappa shape index (κ1) is 14.8. The minimum Gasteiger partial charge on any atom is -0.206 e. The molecule has 3 rings (SSSR count). The van der Waals surface area contributed by atoms with Gasteiger partial charge in [0.2, 0.25) is 0 Å². The first-order chi connectivity index (χ1) is 9.98. The molecule has 3 nitrogen and oxygen atoms in total. The summed E-state index contributed by atoms with van der Waals surface area (Å²) in [6.45, 7) is 5.24. The van der Waals surface area contributed by atoms with E-state index in [1.165, 1.54) is 16.9 Å². The molecule has 0 spiro atoms. The third kappa shape index (κ3) is 2.78. The van der Waals surface area contributed by atoms with Crippen molar-refractivity contribution in [3.8, 4) is 0 Å². The summed E-state index contributed by atoms with van der Waals surface area (Å²) in [5.74, 6) is 0.616. The van der Waals surface area contributed by atoms with Crippen LogP contribution in [0.1, 0.15) is 23.3 Å². The third-order valence-electron chi connectivity index (χ3n) is 4.12. The van der Waals surface area contributed by atoms with Crippen molar-refractivity contribution in [1.29, 1.82) is 0 Å². The maximum absolute atomic E-state index is 12.7. The fourth-order valence-corrected chi connectivity index (χ4v) is 5.93. The second kappa shape index (κ2) is 5.55. The van der Waals surface area contributed by atoms with Crippen LogP contribution in [0.25, 0.3) is 0 Å². The highest BCUT2D eigenvalue weighted by Gasteiger charge is 2.38. The molecule has 1 aromatic heterocycles. The second-order valence-corrected chi connectivity index (χ2v) is 9.13. The van der Waals surface area contributed by atoms with Crippen LogP contribution in [0.5, 0.6) is 0 Å². The van der Waals surface area contributed by atoms with Crippen LogP contribution in [0.15, 0.2) is 46.7 Å². The Bertz CT molecular complexity index is 722. The van der Waals surface area contributed by atoms with Crippen LogP contribution in [-0.2, 0) is 10.0 Å². The van der Waals surface area contributed by atoms with Crippen molar-refractivity contribution >= 4 is 21.4 Å². The zero-order chi connectivity index (χ0) is 15.0. The van der Waals surface area contributed by atoms with Crippen LogP contribution in [-0.4, -0.2) is 25.8 Å². The van der Waals surface area contributed by atoms with E-state index in [4.69, 9.17) is 0 Å². The van der Waals surface area contributed by atoms with Gasteiger partial charge in [0.1, 0.15) is 4.21 Å². The Kier molecular flexibility index (Phi) is 3.90. The Morgan fingerprint density at radius 2 is 1.81 bits per heavy atom. The molecule has 1 aromatic carbocycles. The molecule has 2 heterocycles. The molecule has 5 heteroatoms. The summed E-state index contributed by atoms with van der Waals surface area (Å²) in [4.78, 5) is 1.03. The molecule has 0 saturated carbocycles. The number of aryl methyl sites for hydroxylation is 1. The van der Waals surface area contributed by atoms with Crippen LogP contribution < -0.4 is 0 Å². The first-order valence-electron chi connectivity index (χ1n) is 7.10.